The van der Waals surface area contributed by atoms with Crippen molar-refractivity contribution in [2.45, 2.75) is 33.7 Å². The summed E-state index contributed by atoms with van der Waals surface area (Å²) in [6.45, 7) is 13.6. The number of aliphatic imine (C=N–C) groups is 1. The first-order chi connectivity index (χ1) is 10.8. The van der Waals surface area contributed by atoms with Crippen LogP contribution in [0.25, 0.3) is 0 Å². The number of hydrogen-bond donors (Lipinski definition) is 1. The number of hydrogen-bond acceptors (Lipinski definition) is 4. The Bertz CT molecular complexity index is 447. The molecule has 1 atom stereocenters. The fraction of sp³-hybridized carbons (Fsp3) is 0.750. The Morgan fingerprint density at radius 2 is 2.22 bits per heavy atom. The zero-order chi connectivity index (χ0) is 15.8. The van der Waals surface area contributed by atoms with E-state index in [2.05, 4.69) is 46.0 Å². The van der Waals surface area contributed by atoms with Gasteiger partial charge in [-0.3, -0.25) is 0 Å². The highest BCUT2D eigenvalue weighted by Crippen LogP contribution is 2.17. The summed E-state index contributed by atoms with van der Waals surface area (Å²) < 4.78 is 4.86. The maximum Gasteiger partial charge on any atom is 0.194 e. The molecule has 1 aromatic heterocycles. The molecule has 1 N–H and O–H groups in total. The van der Waals surface area contributed by atoms with Gasteiger partial charge in [-0.1, -0.05) is 19.0 Å². The second kappa shape index (κ2) is 10.9. The molecular weight excluding hydrogens is 405 g/mol. The highest BCUT2D eigenvalue weighted by molar-refractivity contribution is 14.0. The number of aromatic nitrogens is 1. The van der Waals surface area contributed by atoms with Gasteiger partial charge in [0.25, 0.3) is 0 Å². The summed E-state index contributed by atoms with van der Waals surface area (Å²) in [5.41, 5.74) is 0.870. The fourth-order valence-corrected chi connectivity index (χ4v) is 2.92. The third kappa shape index (κ3) is 6.29. The standard InChI is InChI=1S/C16H29N5O.HI/c1-4-17-16(18-11-15-8-10-22-19-15)21-9-7-14(13-21)12-20(5-2)6-3;/h8,10,14H,4-7,9,11-13H2,1-3H3,(H,17,18);1H. The molecule has 6 nitrogen and oxygen atoms in total. The van der Waals surface area contributed by atoms with Gasteiger partial charge in [0.05, 0.1) is 6.54 Å². The highest BCUT2D eigenvalue weighted by atomic mass is 127. The van der Waals surface area contributed by atoms with Crippen molar-refractivity contribution in [3.8, 4) is 0 Å². The van der Waals surface area contributed by atoms with Crippen LogP contribution in [0.4, 0.5) is 0 Å². The first-order valence-corrected chi connectivity index (χ1v) is 8.41. The molecule has 0 aromatic carbocycles. The summed E-state index contributed by atoms with van der Waals surface area (Å²) in [6, 6.07) is 1.86. The monoisotopic (exact) mass is 435 g/mol. The van der Waals surface area contributed by atoms with Crippen molar-refractivity contribution in [3.05, 3.63) is 18.0 Å². The van der Waals surface area contributed by atoms with Crippen LogP contribution in [-0.4, -0.2) is 60.2 Å². The van der Waals surface area contributed by atoms with Crippen molar-refractivity contribution < 1.29 is 4.52 Å². The van der Waals surface area contributed by atoms with Crippen LogP contribution in [0.2, 0.25) is 0 Å². The summed E-state index contributed by atoms with van der Waals surface area (Å²) in [5.74, 6) is 1.73. The van der Waals surface area contributed by atoms with Crippen molar-refractivity contribution in [3.63, 3.8) is 0 Å². The van der Waals surface area contributed by atoms with E-state index < -0.39 is 0 Å². The van der Waals surface area contributed by atoms with Crippen LogP contribution in [0.15, 0.2) is 21.8 Å². The van der Waals surface area contributed by atoms with E-state index >= 15 is 0 Å². The minimum atomic E-state index is 0. The number of halogens is 1. The van der Waals surface area contributed by atoms with Crippen LogP contribution in [0.3, 0.4) is 0 Å². The smallest absolute Gasteiger partial charge is 0.194 e. The van der Waals surface area contributed by atoms with Gasteiger partial charge in [-0.2, -0.15) is 0 Å². The summed E-state index contributed by atoms with van der Waals surface area (Å²) in [4.78, 5) is 9.57. The summed E-state index contributed by atoms with van der Waals surface area (Å²) >= 11 is 0. The van der Waals surface area contributed by atoms with Gasteiger partial charge in [0.1, 0.15) is 12.0 Å². The number of nitrogens with zero attached hydrogens (tertiary/aromatic N) is 4. The van der Waals surface area contributed by atoms with E-state index in [0.717, 1.165) is 50.3 Å². The maximum absolute atomic E-state index is 4.86. The zero-order valence-electron chi connectivity index (χ0n) is 14.5. The molecule has 0 bridgehead atoms. The number of rotatable bonds is 7. The quantitative estimate of drug-likeness (QED) is 0.405. The van der Waals surface area contributed by atoms with Crippen LogP contribution in [-0.2, 0) is 6.54 Å². The molecule has 23 heavy (non-hydrogen) atoms. The van der Waals surface area contributed by atoms with E-state index in [1.165, 1.54) is 13.0 Å². The second-order valence-electron chi connectivity index (χ2n) is 5.75. The molecule has 7 heteroatoms. The lowest BCUT2D eigenvalue weighted by atomic mass is 10.1. The van der Waals surface area contributed by atoms with Crippen LogP contribution < -0.4 is 5.32 Å². The van der Waals surface area contributed by atoms with Crippen LogP contribution in [0.1, 0.15) is 32.9 Å². The highest BCUT2D eigenvalue weighted by Gasteiger charge is 2.25. The van der Waals surface area contributed by atoms with Gasteiger partial charge in [-0.05, 0) is 32.4 Å². The number of nitrogens with one attached hydrogen (secondary N) is 1. The molecule has 0 amide bonds. The minimum absolute atomic E-state index is 0. The van der Waals surface area contributed by atoms with Gasteiger partial charge in [-0.15, -0.1) is 24.0 Å². The predicted octanol–water partition coefficient (Wildman–Crippen LogP) is 2.42. The van der Waals surface area contributed by atoms with E-state index in [0.29, 0.717) is 6.54 Å². The third-order valence-corrected chi connectivity index (χ3v) is 4.21. The SMILES string of the molecule is CCNC(=NCc1ccon1)N1CCC(CN(CC)CC)C1.I. The molecule has 2 heterocycles. The van der Waals surface area contributed by atoms with Crippen molar-refractivity contribution in [1.82, 2.24) is 20.3 Å². The summed E-state index contributed by atoms with van der Waals surface area (Å²) in [6.07, 6.45) is 2.83. The van der Waals surface area contributed by atoms with Gasteiger partial charge in [0.2, 0.25) is 0 Å². The third-order valence-electron chi connectivity index (χ3n) is 4.21. The van der Waals surface area contributed by atoms with E-state index in [9.17, 15) is 0 Å². The predicted molar refractivity (Wildman–Crippen MR) is 104 cm³/mol. The average Bonchev–Trinajstić information content (AvgIpc) is 3.20. The first kappa shape index (κ1) is 20.2. The normalized spacial score (nSPS) is 18.3. The molecule has 1 aromatic rings. The molecule has 1 aliphatic heterocycles. The molecule has 1 aliphatic rings. The topological polar surface area (TPSA) is 56.9 Å². The van der Waals surface area contributed by atoms with Crippen LogP contribution in [0, 0.1) is 5.92 Å². The Hall–Kier alpha value is -0.830. The molecular formula is C16H30IN5O. The lowest BCUT2D eigenvalue weighted by molar-refractivity contribution is 0.255. The minimum Gasteiger partial charge on any atom is -0.364 e. The lowest BCUT2D eigenvalue weighted by Crippen LogP contribution is -2.40. The molecule has 2 rings (SSSR count). The largest absolute Gasteiger partial charge is 0.364 e. The maximum atomic E-state index is 4.86. The lowest BCUT2D eigenvalue weighted by Gasteiger charge is -2.24. The first-order valence-electron chi connectivity index (χ1n) is 8.41. The van der Waals surface area contributed by atoms with E-state index in [1.54, 1.807) is 6.26 Å². The van der Waals surface area contributed by atoms with Crippen LogP contribution in [0.5, 0.6) is 0 Å². The Morgan fingerprint density at radius 3 is 2.83 bits per heavy atom. The van der Waals surface area contributed by atoms with E-state index in [4.69, 9.17) is 4.52 Å². The Morgan fingerprint density at radius 1 is 1.43 bits per heavy atom. The summed E-state index contributed by atoms with van der Waals surface area (Å²) in [5, 5.41) is 7.31. The van der Waals surface area contributed by atoms with Gasteiger partial charge in [0.15, 0.2) is 5.96 Å². The van der Waals surface area contributed by atoms with E-state index in [1.807, 2.05) is 6.07 Å². The van der Waals surface area contributed by atoms with Crippen LogP contribution >= 0.6 is 24.0 Å². The second-order valence-corrected chi connectivity index (χ2v) is 5.75. The molecule has 132 valence electrons. The van der Waals surface area contributed by atoms with Gasteiger partial charge in [-0.25, -0.2) is 4.99 Å². The van der Waals surface area contributed by atoms with E-state index in [-0.39, 0.29) is 24.0 Å². The number of guanidine groups is 1. The molecule has 0 saturated carbocycles. The van der Waals surface area contributed by atoms with Crippen molar-refractivity contribution in [1.29, 1.82) is 0 Å². The van der Waals surface area contributed by atoms with Crippen molar-refractivity contribution in [2.24, 2.45) is 10.9 Å². The Kier molecular flexibility index (Phi) is 9.54. The zero-order valence-corrected chi connectivity index (χ0v) is 16.8. The van der Waals surface area contributed by atoms with Crippen molar-refractivity contribution in [2.75, 3.05) is 39.3 Å². The van der Waals surface area contributed by atoms with Gasteiger partial charge < -0.3 is 19.6 Å². The Balaban J connectivity index is 0.00000264. The average molecular weight is 435 g/mol. The molecule has 1 unspecified atom stereocenters. The number of likely N-dealkylation sites (tertiary alicyclic amines) is 1. The molecule has 0 aliphatic carbocycles. The van der Waals surface area contributed by atoms with Crippen molar-refractivity contribution >= 4 is 29.9 Å². The van der Waals surface area contributed by atoms with Gasteiger partial charge in [0, 0.05) is 32.2 Å². The molecule has 0 radical (unpaired) electrons. The molecule has 0 spiro atoms. The fourth-order valence-electron chi connectivity index (χ4n) is 2.92. The Labute approximate surface area is 156 Å². The molecule has 1 fully saturated rings. The van der Waals surface area contributed by atoms with Gasteiger partial charge >= 0.3 is 0 Å². The molecule has 1 saturated heterocycles. The summed E-state index contributed by atoms with van der Waals surface area (Å²) in [7, 11) is 0.